The van der Waals surface area contributed by atoms with Crippen LogP contribution >= 0.6 is 23.2 Å². The molecule has 8 heteroatoms. The van der Waals surface area contributed by atoms with Gasteiger partial charge in [-0.15, -0.1) is 0 Å². The fraction of sp³-hybridized carbons (Fsp3) is 0.0323. The van der Waals surface area contributed by atoms with E-state index in [2.05, 4.69) is 0 Å². The van der Waals surface area contributed by atoms with Crippen molar-refractivity contribution in [1.82, 2.24) is 0 Å². The van der Waals surface area contributed by atoms with Crippen LogP contribution in [0, 0.1) is 0 Å². The summed E-state index contributed by atoms with van der Waals surface area (Å²) < 4.78 is 22.3. The van der Waals surface area contributed by atoms with Gasteiger partial charge < -0.3 is 18.6 Å². The minimum atomic E-state index is -0.585. The van der Waals surface area contributed by atoms with Crippen LogP contribution in [0.3, 0.4) is 0 Å². The summed E-state index contributed by atoms with van der Waals surface area (Å²) in [6.07, 6.45) is 4.14. The Hall–Kier alpha value is -4.52. The maximum absolute atomic E-state index is 12.8. The van der Waals surface area contributed by atoms with Crippen molar-refractivity contribution in [2.75, 3.05) is 0 Å². The van der Waals surface area contributed by atoms with E-state index in [9.17, 15) is 9.59 Å². The Bertz CT molecular complexity index is 1710. The van der Waals surface area contributed by atoms with E-state index < -0.39 is 5.97 Å². The second-order valence-corrected chi connectivity index (χ2v) is 9.20. The third-order valence-corrected chi connectivity index (χ3v) is 6.16. The van der Waals surface area contributed by atoms with Gasteiger partial charge in [-0.2, -0.15) is 0 Å². The number of esters is 1. The lowest BCUT2D eigenvalue weighted by atomic mass is 10.2. The molecule has 0 fully saturated rings. The molecule has 0 aliphatic heterocycles. The number of rotatable bonds is 8. The Labute approximate surface area is 233 Å². The van der Waals surface area contributed by atoms with E-state index in [4.69, 9.17) is 41.8 Å². The van der Waals surface area contributed by atoms with E-state index in [1.54, 1.807) is 30.3 Å². The first-order valence-electron chi connectivity index (χ1n) is 11.8. The van der Waals surface area contributed by atoms with Gasteiger partial charge in [-0.25, -0.2) is 4.79 Å². The molecule has 0 spiro atoms. The minimum Gasteiger partial charge on any atom is -0.489 e. The molecule has 39 heavy (non-hydrogen) atoms. The predicted molar refractivity (Wildman–Crippen MR) is 151 cm³/mol. The van der Waals surface area contributed by atoms with Crippen molar-refractivity contribution >= 4 is 46.2 Å². The number of benzene rings is 4. The molecule has 0 unspecified atom stereocenters. The molecule has 0 saturated heterocycles. The lowest BCUT2D eigenvalue weighted by Gasteiger charge is -2.08. The molecule has 1 aromatic heterocycles. The van der Waals surface area contributed by atoms with Gasteiger partial charge in [0.15, 0.2) is 0 Å². The second-order valence-electron chi connectivity index (χ2n) is 8.36. The van der Waals surface area contributed by atoms with E-state index in [1.165, 1.54) is 30.5 Å². The van der Waals surface area contributed by atoms with Crippen LogP contribution in [0.1, 0.15) is 11.1 Å². The Kier molecular flexibility index (Phi) is 7.96. The number of fused-ring (bicyclic) bond motifs is 1. The average Bonchev–Trinajstić information content (AvgIpc) is 2.95. The monoisotopic (exact) mass is 558 g/mol. The van der Waals surface area contributed by atoms with Crippen LogP contribution < -0.4 is 19.6 Å². The van der Waals surface area contributed by atoms with Crippen molar-refractivity contribution in [1.29, 1.82) is 0 Å². The molecular weight excluding hydrogens is 539 g/mol. The van der Waals surface area contributed by atoms with E-state index in [1.807, 2.05) is 48.5 Å². The van der Waals surface area contributed by atoms with Crippen LogP contribution in [-0.2, 0) is 11.4 Å². The third kappa shape index (κ3) is 6.68. The standard InChI is InChI=1S/C31H20Cl2O6/c32-22-10-5-21(6-11-22)18-36-23-12-7-20(8-13-23)9-16-30(34)38-24-14-15-25-28(17-24)37-19-29(31(25)35)39-27-4-2-1-3-26(27)33/h1-17,19H,18H2. The molecule has 4 aromatic carbocycles. The SMILES string of the molecule is O=C(C=Cc1ccc(OCc2ccc(Cl)cc2)cc1)Oc1ccc2c(=O)c(Oc3ccccc3Cl)coc2c1. The molecule has 6 nitrogen and oxygen atoms in total. The van der Waals surface area contributed by atoms with E-state index in [0.717, 1.165) is 11.1 Å². The summed E-state index contributed by atoms with van der Waals surface area (Å²) >= 11 is 12.0. The summed E-state index contributed by atoms with van der Waals surface area (Å²) in [5.41, 5.74) is 1.66. The van der Waals surface area contributed by atoms with Crippen LogP contribution in [0.25, 0.3) is 17.0 Å². The zero-order valence-electron chi connectivity index (χ0n) is 20.3. The van der Waals surface area contributed by atoms with Crippen LogP contribution in [0.2, 0.25) is 10.0 Å². The maximum atomic E-state index is 12.8. The second kappa shape index (κ2) is 11.9. The fourth-order valence-corrected chi connectivity index (χ4v) is 3.91. The molecule has 0 aliphatic carbocycles. The molecular formula is C31H20Cl2O6. The fourth-order valence-electron chi connectivity index (χ4n) is 3.61. The summed E-state index contributed by atoms with van der Waals surface area (Å²) in [6, 6.07) is 26.0. The number of hydrogen-bond acceptors (Lipinski definition) is 6. The van der Waals surface area contributed by atoms with Crippen molar-refractivity contribution in [3.63, 3.8) is 0 Å². The van der Waals surface area contributed by atoms with Gasteiger partial charge in [0.05, 0.1) is 10.4 Å². The van der Waals surface area contributed by atoms with E-state index in [0.29, 0.717) is 28.2 Å². The van der Waals surface area contributed by atoms with Gasteiger partial charge in [-0.05, 0) is 65.7 Å². The average molecular weight is 559 g/mol. The third-order valence-electron chi connectivity index (χ3n) is 5.60. The van der Waals surface area contributed by atoms with Crippen LogP contribution in [0.15, 0.2) is 113 Å². The smallest absolute Gasteiger partial charge is 0.336 e. The largest absolute Gasteiger partial charge is 0.489 e. The molecule has 0 aliphatic rings. The normalized spacial score (nSPS) is 11.0. The topological polar surface area (TPSA) is 75.0 Å². The molecule has 194 valence electrons. The summed E-state index contributed by atoms with van der Waals surface area (Å²) in [4.78, 5) is 25.2. The Morgan fingerprint density at radius 3 is 2.36 bits per heavy atom. The minimum absolute atomic E-state index is 0.00956. The van der Waals surface area contributed by atoms with Crippen molar-refractivity contribution in [3.05, 3.63) is 135 Å². The molecule has 5 rings (SSSR count). The van der Waals surface area contributed by atoms with Gasteiger partial charge >= 0.3 is 5.97 Å². The highest BCUT2D eigenvalue weighted by Crippen LogP contribution is 2.29. The molecule has 0 bridgehead atoms. The quantitative estimate of drug-likeness (QED) is 0.109. The Morgan fingerprint density at radius 1 is 0.846 bits per heavy atom. The van der Waals surface area contributed by atoms with Gasteiger partial charge in [0.2, 0.25) is 11.2 Å². The van der Waals surface area contributed by atoms with Gasteiger partial charge in [0.25, 0.3) is 0 Å². The number of halogens is 2. The first-order chi connectivity index (χ1) is 18.9. The highest BCUT2D eigenvalue weighted by atomic mass is 35.5. The zero-order valence-corrected chi connectivity index (χ0v) is 21.8. The van der Waals surface area contributed by atoms with Crippen molar-refractivity contribution in [2.45, 2.75) is 6.61 Å². The molecule has 0 amide bonds. The number of ether oxygens (including phenoxy) is 3. The molecule has 0 atom stereocenters. The zero-order chi connectivity index (χ0) is 27.2. The highest BCUT2D eigenvalue weighted by molar-refractivity contribution is 6.32. The molecule has 1 heterocycles. The van der Waals surface area contributed by atoms with Crippen molar-refractivity contribution in [3.8, 4) is 23.0 Å². The Balaban J connectivity index is 1.19. The van der Waals surface area contributed by atoms with E-state index >= 15 is 0 Å². The lowest BCUT2D eigenvalue weighted by molar-refractivity contribution is -0.128. The summed E-state index contributed by atoms with van der Waals surface area (Å²) in [7, 11) is 0. The van der Waals surface area contributed by atoms with Gasteiger partial charge in [0, 0.05) is 17.2 Å². The molecule has 0 saturated carbocycles. The maximum Gasteiger partial charge on any atom is 0.336 e. The predicted octanol–water partition coefficient (Wildman–Crippen LogP) is 8.09. The first kappa shape index (κ1) is 26.1. The first-order valence-corrected chi connectivity index (χ1v) is 12.6. The molecule has 0 N–H and O–H groups in total. The lowest BCUT2D eigenvalue weighted by Crippen LogP contribution is -2.06. The number of para-hydroxylation sites is 1. The van der Waals surface area contributed by atoms with Crippen molar-refractivity contribution in [2.24, 2.45) is 0 Å². The highest BCUT2D eigenvalue weighted by Gasteiger charge is 2.12. The van der Waals surface area contributed by atoms with Crippen molar-refractivity contribution < 1.29 is 23.4 Å². The summed E-state index contributed by atoms with van der Waals surface area (Å²) in [5, 5.41) is 1.31. The van der Waals surface area contributed by atoms with Crippen LogP contribution in [0.4, 0.5) is 0 Å². The van der Waals surface area contributed by atoms with E-state index in [-0.39, 0.29) is 27.9 Å². The van der Waals surface area contributed by atoms with Gasteiger partial charge in [-0.1, -0.05) is 59.6 Å². The van der Waals surface area contributed by atoms with Gasteiger partial charge in [0.1, 0.15) is 35.7 Å². The number of carbonyl (C=O) groups excluding carboxylic acids is 1. The molecule has 5 aromatic rings. The van der Waals surface area contributed by atoms with Gasteiger partial charge in [-0.3, -0.25) is 4.79 Å². The van der Waals surface area contributed by atoms with Crippen LogP contribution in [-0.4, -0.2) is 5.97 Å². The molecule has 0 radical (unpaired) electrons. The number of carbonyl (C=O) groups is 1. The summed E-state index contributed by atoms with van der Waals surface area (Å²) in [5.74, 6) is 0.667. The van der Waals surface area contributed by atoms with Crippen LogP contribution in [0.5, 0.6) is 23.0 Å². The Morgan fingerprint density at radius 2 is 1.59 bits per heavy atom. The summed E-state index contributed by atoms with van der Waals surface area (Å²) in [6.45, 7) is 0.417. The number of hydrogen-bond donors (Lipinski definition) is 0.